The Kier molecular flexibility index (Phi) is 5.14. The smallest absolute Gasteiger partial charge is 0.277 e. The second-order valence-corrected chi connectivity index (χ2v) is 6.29. The van der Waals surface area contributed by atoms with Crippen LogP contribution in [0.25, 0.3) is 10.2 Å². The highest BCUT2D eigenvalue weighted by Gasteiger charge is 2.15. The summed E-state index contributed by atoms with van der Waals surface area (Å²) in [5.41, 5.74) is 0.642. The van der Waals surface area contributed by atoms with Crippen molar-refractivity contribution in [3.05, 3.63) is 52.4 Å². The van der Waals surface area contributed by atoms with Crippen LogP contribution in [0.3, 0.4) is 0 Å². The number of hydrogen-bond donors (Lipinski definition) is 0. The van der Waals surface area contributed by atoms with Gasteiger partial charge in [0.2, 0.25) is 5.91 Å². The lowest BCUT2D eigenvalue weighted by atomic mass is 10.1. The zero-order chi connectivity index (χ0) is 17.8. The summed E-state index contributed by atoms with van der Waals surface area (Å²) in [5.74, 6) is 1.07. The first-order chi connectivity index (χ1) is 12.1. The number of aryl methyl sites for hydroxylation is 1. The predicted octanol–water partition coefficient (Wildman–Crippen LogP) is 3.14. The van der Waals surface area contributed by atoms with Crippen LogP contribution in [-0.4, -0.2) is 28.6 Å². The highest BCUT2D eigenvalue weighted by atomic mass is 32.1. The van der Waals surface area contributed by atoms with Gasteiger partial charge >= 0.3 is 0 Å². The molecule has 0 spiro atoms. The molecule has 0 aliphatic rings. The number of ether oxygens (including phenoxy) is 2. The first-order valence-electron chi connectivity index (χ1n) is 7.94. The van der Waals surface area contributed by atoms with Gasteiger partial charge in [-0.2, -0.15) is 3.96 Å². The van der Waals surface area contributed by atoms with Crippen LogP contribution in [0.1, 0.15) is 23.7 Å². The molecule has 0 fully saturated rings. The number of nitrogens with zero attached hydrogens (tertiary/aromatic N) is 2. The van der Waals surface area contributed by atoms with Crippen LogP contribution in [0.15, 0.2) is 41.3 Å². The topological polar surface area (TPSA) is 70.4 Å². The molecule has 0 radical (unpaired) electrons. The van der Waals surface area contributed by atoms with Crippen molar-refractivity contribution in [2.75, 3.05) is 13.7 Å². The Morgan fingerprint density at radius 2 is 2.12 bits per heavy atom. The maximum absolute atomic E-state index is 12.4. The summed E-state index contributed by atoms with van der Waals surface area (Å²) >= 11 is 1.08. The van der Waals surface area contributed by atoms with Crippen LogP contribution in [0.5, 0.6) is 11.5 Å². The van der Waals surface area contributed by atoms with E-state index in [0.29, 0.717) is 34.7 Å². The molecule has 0 amide bonds. The highest BCUT2D eigenvalue weighted by Crippen LogP contribution is 2.28. The standard InChI is InChI=1S/C18H18N2O4S/c1-3-24-14-8-6-12(11-15(14)23-2)7-9-16(21)20-18(22)13-5-4-10-19-17(13)25-20/h4-6,8,10-11H,3,7,9H2,1-2H3. The van der Waals surface area contributed by atoms with Gasteiger partial charge in [-0.3, -0.25) is 9.59 Å². The largest absolute Gasteiger partial charge is 0.493 e. The average molecular weight is 358 g/mol. The predicted molar refractivity (Wildman–Crippen MR) is 97.0 cm³/mol. The van der Waals surface area contributed by atoms with Crippen LogP contribution in [0.2, 0.25) is 0 Å². The molecule has 0 saturated carbocycles. The SMILES string of the molecule is CCOc1ccc(CCC(=O)n2sc3ncccc3c2=O)cc1OC. The van der Waals surface area contributed by atoms with Gasteiger partial charge in [-0.15, -0.1) is 0 Å². The normalized spacial score (nSPS) is 10.8. The number of hydrogen-bond acceptors (Lipinski definition) is 6. The van der Waals surface area contributed by atoms with E-state index >= 15 is 0 Å². The molecular weight excluding hydrogens is 340 g/mol. The molecule has 0 atom stereocenters. The van der Waals surface area contributed by atoms with E-state index in [9.17, 15) is 9.59 Å². The first-order valence-corrected chi connectivity index (χ1v) is 8.71. The van der Waals surface area contributed by atoms with E-state index in [0.717, 1.165) is 17.1 Å². The fraction of sp³-hybridized carbons (Fsp3) is 0.278. The first kappa shape index (κ1) is 17.2. The summed E-state index contributed by atoms with van der Waals surface area (Å²) in [5, 5.41) is 0.476. The minimum absolute atomic E-state index is 0.226. The number of aromatic nitrogens is 2. The van der Waals surface area contributed by atoms with E-state index in [1.807, 2.05) is 25.1 Å². The lowest BCUT2D eigenvalue weighted by Crippen LogP contribution is -2.21. The number of methoxy groups -OCH3 is 1. The molecule has 0 unspecified atom stereocenters. The number of rotatable bonds is 6. The van der Waals surface area contributed by atoms with Crippen LogP contribution < -0.4 is 15.0 Å². The van der Waals surface area contributed by atoms with E-state index < -0.39 is 0 Å². The fourth-order valence-electron chi connectivity index (χ4n) is 2.52. The van der Waals surface area contributed by atoms with Crippen LogP contribution in [-0.2, 0) is 6.42 Å². The van der Waals surface area contributed by atoms with E-state index in [1.165, 1.54) is 3.96 Å². The summed E-state index contributed by atoms with van der Waals surface area (Å²) < 4.78 is 12.0. The molecule has 0 saturated heterocycles. The van der Waals surface area contributed by atoms with E-state index in [-0.39, 0.29) is 17.9 Å². The van der Waals surface area contributed by atoms with Gasteiger partial charge < -0.3 is 9.47 Å². The second kappa shape index (κ2) is 7.48. The molecule has 0 bridgehead atoms. The van der Waals surface area contributed by atoms with Crippen molar-refractivity contribution < 1.29 is 14.3 Å². The number of carbonyl (C=O) groups excluding carboxylic acids is 1. The Hall–Kier alpha value is -2.67. The molecule has 0 aliphatic carbocycles. The van der Waals surface area contributed by atoms with Crippen molar-refractivity contribution in [3.63, 3.8) is 0 Å². The zero-order valence-corrected chi connectivity index (χ0v) is 14.8. The van der Waals surface area contributed by atoms with Crippen molar-refractivity contribution in [1.82, 2.24) is 8.94 Å². The number of carbonyl (C=O) groups is 1. The third-order valence-electron chi connectivity index (χ3n) is 3.75. The summed E-state index contributed by atoms with van der Waals surface area (Å²) in [6.45, 7) is 2.46. The van der Waals surface area contributed by atoms with Crippen molar-refractivity contribution in [2.24, 2.45) is 0 Å². The average Bonchev–Trinajstić information content (AvgIpc) is 2.98. The van der Waals surface area contributed by atoms with E-state index in [1.54, 1.807) is 25.4 Å². The molecule has 2 aromatic heterocycles. The third-order valence-corrected chi connectivity index (χ3v) is 4.80. The van der Waals surface area contributed by atoms with Crippen LogP contribution in [0.4, 0.5) is 0 Å². The van der Waals surface area contributed by atoms with E-state index in [4.69, 9.17) is 9.47 Å². The van der Waals surface area contributed by atoms with Gasteiger partial charge in [0.1, 0.15) is 4.83 Å². The molecule has 7 heteroatoms. The number of benzene rings is 1. The van der Waals surface area contributed by atoms with Crippen molar-refractivity contribution >= 4 is 27.7 Å². The molecule has 130 valence electrons. The molecule has 3 aromatic rings. The van der Waals surface area contributed by atoms with Gasteiger partial charge in [-0.1, -0.05) is 6.07 Å². The molecule has 1 aromatic carbocycles. The highest BCUT2D eigenvalue weighted by molar-refractivity contribution is 7.14. The van der Waals surface area contributed by atoms with Crippen molar-refractivity contribution in [2.45, 2.75) is 19.8 Å². The van der Waals surface area contributed by atoms with Crippen molar-refractivity contribution in [1.29, 1.82) is 0 Å². The van der Waals surface area contributed by atoms with Gasteiger partial charge in [-0.05, 0) is 54.7 Å². The van der Waals surface area contributed by atoms with Gasteiger partial charge in [0.15, 0.2) is 11.5 Å². The quantitative estimate of drug-likeness (QED) is 0.677. The fourth-order valence-corrected chi connectivity index (χ4v) is 3.43. The van der Waals surface area contributed by atoms with Crippen LogP contribution in [0, 0.1) is 0 Å². The maximum atomic E-state index is 12.4. The maximum Gasteiger partial charge on any atom is 0.277 e. The van der Waals surface area contributed by atoms with Gasteiger partial charge in [0.25, 0.3) is 5.56 Å². The molecule has 25 heavy (non-hydrogen) atoms. The summed E-state index contributed by atoms with van der Waals surface area (Å²) in [4.78, 5) is 29.4. The monoisotopic (exact) mass is 358 g/mol. The number of pyridine rings is 1. The van der Waals surface area contributed by atoms with Gasteiger partial charge in [0.05, 0.1) is 19.1 Å². The molecular formula is C18H18N2O4S. The minimum Gasteiger partial charge on any atom is -0.493 e. The molecule has 0 aliphatic heterocycles. The summed E-state index contributed by atoms with van der Waals surface area (Å²) in [6.07, 6.45) is 2.35. The van der Waals surface area contributed by atoms with E-state index in [2.05, 4.69) is 4.98 Å². The Morgan fingerprint density at radius 1 is 1.28 bits per heavy atom. The Morgan fingerprint density at radius 3 is 2.84 bits per heavy atom. The van der Waals surface area contributed by atoms with Gasteiger partial charge in [-0.25, -0.2) is 4.98 Å². The molecule has 0 N–H and O–H groups in total. The van der Waals surface area contributed by atoms with Gasteiger partial charge in [0, 0.05) is 12.6 Å². The molecule has 6 nitrogen and oxygen atoms in total. The Bertz CT molecular complexity index is 961. The number of fused-ring (bicyclic) bond motifs is 1. The minimum atomic E-state index is -0.303. The summed E-state index contributed by atoms with van der Waals surface area (Å²) in [6, 6.07) is 8.96. The zero-order valence-electron chi connectivity index (χ0n) is 14.0. The lowest BCUT2D eigenvalue weighted by Gasteiger charge is -2.10. The van der Waals surface area contributed by atoms with Crippen LogP contribution >= 0.6 is 11.5 Å². The summed E-state index contributed by atoms with van der Waals surface area (Å²) in [7, 11) is 1.58. The third kappa shape index (κ3) is 3.56. The Balaban J connectivity index is 1.75. The molecule has 2 heterocycles. The lowest BCUT2D eigenvalue weighted by molar-refractivity contribution is 0.0912. The Labute approximate surface area is 148 Å². The van der Waals surface area contributed by atoms with Crippen molar-refractivity contribution in [3.8, 4) is 11.5 Å². The molecule has 3 rings (SSSR count). The second-order valence-electron chi connectivity index (χ2n) is 5.36.